The molecule has 19 heavy (non-hydrogen) atoms. The predicted molar refractivity (Wildman–Crippen MR) is 77.3 cm³/mol. The highest BCUT2D eigenvalue weighted by Crippen LogP contribution is 2.28. The molecule has 1 aliphatic carbocycles. The summed E-state index contributed by atoms with van der Waals surface area (Å²) in [7, 11) is 0. The fourth-order valence-corrected chi connectivity index (χ4v) is 3.12. The summed E-state index contributed by atoms with van der Waals surface area (Å²) in [5.41, 5.74) is 7.10. The molecule has 0 atom stereocenters. The van der Waals surface area contributed by atoms with Crippen LogP contribution in [0.25, 0.3) is 5.65 Å². The van der Waals surface area contributed by atoms with Gasteiger partial charge in [0.05, 0.1) is 10.7 Å². The highest BCUT2D eigenvalue weighted by atomic mass is 35.5. The Morgan fingerprint density at radius 1 is 1.26 bits per heavy atom. The molecule has 2 aromatic heterocycles. The van der Waals surface area contributed by atoms with Crippen LogP contribution in [-0.2, 0) is 6.42 Å². The molecular formula is C14H19ClN4. The number of hydrogen-bond donors (Lipinski definition) is 1. The quantitative estimate of drug-likeness (QED) is 0.935. The maximum Gasteiger partial charge on any atom is 0.185 e. The van der Waals surface area contributed by atoms with Gasteiger partial charge in [-0.3, -0.25) is 4.40 Å². The van der Waals surface area contributed by atoms with Gasteiger partial charge in [-0.15, -0.1) is 10.2 Å². The molecule has 102 valence electrons. The monoisotopic (exact) mass is 278 g/mol. The predicted octanol–water partition coefficient (Wildman–Crippen LogP) is 3.48. The molecule has 0 saturated heterocycles. The minimum atomic E-state index is 0.514. The zero-order valence-corrected chi connectivity index (χ0v) is 11.7. The van der Waals surface area contributed by atoms with Crippen molar-refractivity contribution in [2.75, 3.05) is 5.73 Å². The van der Waals surface area contributed by atoms with Crippen molar-refractivity contribution < 1.29 is 0 Å². The van der Waals surface area contributed by atoms with Gasteiger partial charge in [-0.05, 0) is 18.4 Å². The molecule has 2 heterocycles. The summed E-state index contributed by atoms with van der Waals surface area (Å²) in [6, 6.07) is 1.80. The first-order valence-electron chi connectivity index (χ1n) is 7.03. The van der Waals surface area contributed by atoms with E-state index < -0.39 is 0 Å². The molecule has 0 aromatic carbocycles. The van der Waals surface area contributed by atoms with Crippen LogP contribution >= 0.6 is 11.6 Å². The van der Waals surface area contributed by atoms with Crippen molar-refractivity contribution in [3.05, 3.63) is 23.1 Å². The van der Waals surface area contributed by atoms with E-state index in [-0.39, 0.29) is 0 Å². The third-order valence-corrected chi connectivity index (χ3v) is 4.47. The highest BCUT2D eigenvalue weighted by molar-refractivity contribution is 6.33. The first-order valence-corrected chi connectivity index (χ1v) is 7.41. The van der Waals surface area contributed by atoms with Crippen LogP contribution in [-0.4, -0.2) is 14.6 Å². The molecule has 1 saturated carbocycles. The van der Waals surface area contributed by atoms with Crippen molar-refractivity contribution in [3.8, 4) is 0 Å². The summed E-state index contributed by atoms with van der Waals surface area (Å²) in [5, 5.41) is 8.94. The first-order chi connectivity index (χ1) is 9.25. The molecule has 5 heteroatoms. The van der Waals surface area contributed by atoms with E-state index in [2.05, 4.69) is 10.2 Å². The first kappa shape index (κ1) is 12.7. The van der Waals surface area contributed by atoms with Crippen LogP contribution in [0.1, 0.15) is 44.3 Å². The molecule has 0 spiro atoms. The van der Waals surface area contributed by atoms with Crippen molar-refractivity contribution in [3.63, 3.8) is 0 Å². The van der Waals surface area contributed by atoms with E-state index in [0.717, 1.165) is 18.2 Å². The molecular weight excluding hydrogens is 260 g/mol. The van der Waals surface area contributed by atoms with Crippen LogP contribution in [0, 0.1) is 5.92 Å². The number of aryl methyl sites for hydroxylation is 1. The van der Waals surface area contributed by atoms with Gasteiger partial charge in [0, 0.05) is 12.6 Å². The lowest BCUT2D eigenvalue weighted by molar-refractivity contribution is 0.337. The number of rotatable bonds is 3. The molecule has 2 N–H and O–H groups in total. The van der Waals surface area contributed by atoms with Crippen molar-refractivity contribution in [2.45, 2.75) is 44.9 Å². The Hall–Kier alpha value is -1.29. The van der Waals surface area contributed by atoms with Crippen molar-refractivity contribution >= 4 is 22.9 Å². The largest absolute Gasteiger partial charge is 0.394 e. The summed E-state index contributed by atoms with van der Waals surface area (Å²) < 4.78 is 1.96. The van der Waals surface area contributed by atoms with E-state index in [1.165, 1.54) is 38.5 Å². The summed E-state index contributed by atoms with van der Waals surface area (Å²) in [6.45, 7) is 0. The Kier molecular flexibility index (Phi) is 3.60. The fraction of sp³-hybridized carbons (Fsp3) is 0.571. The Morgan fingerprint density at radius 2 is 2.05 bits per heavy atom. The van der Waals surface area contributed by atoms with Crippen LogP contribution in [0.3, 0.4) is 0 Å². The summed E-state index contributed by atoms with van der Waals surface area (Å²) in [4.78, 5) is 0. The molecule has 1 aliphatic rings. The number of halogens is 1. The molecule has 0 aliphatic heterocycles. The minimum absolute atomic E-state index is 0.514. The van der Waals surface area contributed by atoms with E-state index >= 15 is 0 Å². The van der Waals surface area contributed by atoms with Gasteiger partial charge >= 0.3 is 0 Å². The molecule has 4 nitrogen and oxygen atoms in total. The van der Waals surface area contributed by atoms with E-state index in [4.69, 9.17) is 17.3 Å². The Balaban J connectivity index is 1.76. The normalized spacial score (nSPS) is 17.1. The number of nitrogen functional groups attached to an aromatic ring is 1. The van der Waals surface area contributed by atoms with E-state index in [0.29, 0.717) is 16.4 Å². The summed E-state index contributed by atoms with van der Waals surface area (Å²) in [5.74, 6) is 1.84. The van der Waals surface area contributed by atoms with Crippen LogP contribution in [0.4, 0.5) is 5.69 Å². The maximum absolute atomic E-state index is 5.99. The molecule has 0 unspecified atom stereocenters. The molecule has 2 aromatic rings. The van der Waals surface area contributed by atoms with Gasteiger partial charge < -0.3 is 5.73 Å². The van der Waals surface area contributed by atoms with Gasteiger partial charge in [-0.2, -0.15) is 0 Å². The van der Waals surface area contributed by atoms with Crippen molar-refractivity contribution in [1.82, 2.24) is 14.6 Å². The Bertz CT molecular complexity index is 572. The molecule has 1 fully saturated rings. The number of nitrogens with zero attached hydrogens (tertiary/aromatic N) is 3. The number of anilines is 1. The second kappa shape index (κ2) is 5.37. The van der Waals surface area contributed by atoms with E-state index in [9.17, 15) is 0 Å². The summed E-state index contributed by atoms with van der Waals surface area (Å²) >= 11 is 5.99. The van der Waals surface area contributed by atoms with Crippen LogP contribution in [0.2, 0.25) is 5.02 Å². The SMILES string of the molecule is Nc1c(Cl)ccn2c(CCC3CCCCC3)nnc12. The zero-order chi connectivity index (χ0) is 13.2. The highest BCUT2D eigenvalue weighted by Gasteiger charge is 2.16. The number of nitrogens with two attached hydrogens (primary N) is 1. The van der Waals surface area contributed by atoms with E-state index in [1.807, 2.05) is 10.6 Å². The van der Waals surface area contributed by atoms with E-state index in [1.54, 1.807) is 6.07 Å². The standard InChI is InChI=1S/C14H19ClN4/c15-11-8-9-19-12(17-18-14(19)13(11)16)7-6-10-4-2-1-3-5-10/h8-10H,1-7,16H2. The van der Waals surface area contributed by atoms with Crippen LogP contribution < -0.4 is 5.73 Å². The lowest BCUT2D eigenvalue weighted by atomic mass is 9.86. The van der Waals surface area contributed by atoms with Gasteiger partial charge in [-0.1, -0.05) is 43.7 Å². The lowest BCUT2D eigenvalue weighted by Gasteiger charge is -2.20. The number of aromatic nitrogens is 3. The van der Waals surface area contributed by atoms with Crippen LogP contribution in [0.5, 0.6) is 0 Å². The number of hydrogen-bond acceptors (Lipinski definition) is 3. The molecule has 0 radical (unpaired) electrons. The second-order valence-electron chi connectivity index (χ2n) is 5.43. The van der Waals surface area contributed by atoms with Gasteiger partial charge in [0.1, 0.15) is 5.82 Å². The van der Waals surface area contributed by atoms with Gasteiger partial charge in [0.2, 0.25) is 0 Å². The number of pyridine rings is 1. The third kappa shape index (κ3) is 2.54. The molecule has 0 bridgehead atoms. The van der Waals surface area contributed by atoms with Crippen molar-refractivity contribution in [1.29, 1.82) is 0 Å². The molecule has 0 amide bonds. The average molecular weight is 279 g/mol. The average Bonchev–Trinajstić information content (AvgIpc) is 2.86. The topological polar surface area (TPSA) is 56.2 Å². The lowest BCUT2D eigenvalue weighted by Crippen LogP contribution is -2.08. The number of fused-ring (bicyclic) bond motifs is 1. The van der Waals surface area contributed by atoms with Gasteiger partial charge in [-0.25, -0.2) is 0 Å². The molecule has 3 rings (SSSR count). The van der Waals surface area contributed by atoms with Gasteiger partial charge in [0.15, 0.2) is 5.65 Å². The fourth-order valence-electron chi connectivity index (χ4n) is 2.98. The van der Waals surface area contributed by atoms with Crippen LogP contribution in [0.15, 0.2) is 12.3 Å². The smallest absolute Gasteiger partial charge is 0.185 e. The maximum atomic E-state index is 5.99. The Morgan fingerprint density at radius 3 is 2.84 bits per heavy atom. The minimum Gasteiger partial charge on any atom is -0.394 e. The summed E-state index contributed by atoms with van der Waals surface area (Å²) in [6.07, 6.45) is 11.0. The van der Waals surface area contributed by atoms with Crippen molar-refractivity contribution in [2.24, 2.45) is 5.92 Å². The van der Waals surface area contributed by atoms with Gasteiger partial charge in [0.25, 0.3) is 0 Å². The Labute approximate surface area is 118 Å². The zero-order valence-electron chi connectivity index (χ0n) is 11.0. The second-order valence-corrected chi connectivity index (χ2v) is 5.84. The third-order valence-electron chi connectivity index (χ3n) is 4.14.